The van der Waals surface area contributed by atoms with Gasteiger partial charge < -0.3 is 19.5 Å². The first-order valence-corrected chi connectivity index (χ1v) is 7.77. The molecular formula is C18H18ClNO5. The summed E-state index contributed by atoms with van der Waals surface area (Å²) in [6.45, 7) is 1.38. The van der Waals surface area contributed by atoms with Crippen molar-refractivity contribution < 1.29 is 23.8 Å². The second kappa shape index (κ2) is 8.39. The molecule has 0 aromatic heterocycles. The molecule has 2 aromatic rings. The second-order valence-corrected chi connectivity index (χ2v) is 5.59. The minimum absolute atomic E-state index is 0.178. The van der Waals surface area contributed by atoms with E-state index in [0.717, 1.165) is 5.56 Å². The van der Waals surface area contributed by atoms with E-state index < -0.39 is 18.5 Å². The van der Waals surface area contributed by atoms with E-state index in [4.69, 9.17) is 25.8 Å². The Morgan fingerprint density at radius 2 is 1.84 bits per heavy atom. The predicted molar refractivity (Wildman–Crippen MR) is 94.6 cm³/mol. The SMILES string of the molecule is COc1ccc(OC)c(C(=O)OCC(=O)Nc2ccc(Cl)cc2C)c1. The van der Waals surface area contributed by atoms with Crippen LogP contribution in [-0.2, 0) is 9.53 Å². The third-order valence-corrected chi connectivity index (χ3v) is 3.66. The Bertz CT molecular complexity index is 791. The van der Waals surface area contributed by atoms with Crippen LogP contribution in [0.5, 0.6) is 11.5 Å². The van der Waals surface area contributed by atoms with Crippen LogP contribution >= 0.6 is 11.6 Å². The number of methoxy groups -OCH3 is 2. The standard InChI is InChI=1S/C18H18ClNO5/c1-11-8-12(19)4-6-15(11)20-17(21)10-25-18(22)14-9-13(23-2)5-7-16(14)24-3/h4-9H,10H2,1-3H3,(H,20,21). The number of hydrogen-bond acceptors (Lipinski definition) is 5. The maximum atomic E-state index is 12.2. The van der Waals surface area contributed by atoms with E-state index in [9.17, 15) is 9.59 Å². The van der Waals surface area contributed by atoms with Crippen LogP contribution in [0.4, 0.5) is 5.69 Å². The molecule has 25 heavy (non-hydrogen) atoms. The summed E-state index contributed by atoms with van der Waals surface area (Å²) >= 11 is 5.87. The van der Waals surface area contributed by atoms with Gasteiger partial charge in [0.25, 0.3) is 5.91 Å². The zero-order valence-electron chi connectivity index (χ0n) is 14.1. The molecule has 0 saturated heterocycles. The summed E-state index contributed by atoms with van der Waals surface area (Å²) in [5, 5.41) is 3.24. The number of amides is 1. The first kappa shape index (κ1) is 18.6. The molecule has 6 nitrogen and oxygen atoms in total. The molecule has 0 aliphatic rings. The maximum Gasteiger partial charge on any atom is 0.342 e. The van der Waals surface area contributed by atoms with Gasteiger partial charge in [-0.3, -0.25) is 4.79 Å². The van der Waals surface area contributed by atoms with Crippen molar-refractivity contribution in [2.45, 2.75) is 6.92 Å². The summed E-state index contributed by atoms with van der Waals surface area (Å²) in [6, 6.07) is 9.81. The Morgan fingerprint density at radius 3 is 2.48 bits per heavy atom. The molecule has 0 heterocycles. The molecule has 2 aromatic carbocycles. The first-order chi connectivity index (χ1) is 11.9. The topological polar surface area (TPSA) is 73.9 Å². The van der Waals surface area contributed by atoms with Crippen LogP contribution in [0.25, 0.3) is 0 Å². The van der Waals surface area contributed by atoms with Crippen molar-refractivity contribution in [1.82, 2.24) is 0 Å². The van der Waals surface area contributed by atoms with E-state index in [1.165, 1.54) is 20.3 Å². The van der Waals surface area contributed by atoms with Crippen molar-refractivity contribution in [2.24, 2.45) is 0 Å². The number of halogens is 1. The van der Waals surface area contributed by atoms with Crippen LogP contribution in [0.3, 0.4) is 0 Å². The Balaban J connectivity index is 2.00. The average molecular weight is 364 g/mol. The van der Waals surface area contributed by atoms with Gasteiger partial charge in [0.1, 0.15) is 17.1 Å². The van der Waals surface area contributed by atoms with Crippen LogP contribution < -0.4 is 14.8 Å². The van der Waals surface area contributed by atoms with Gasteiger partial charge >= 0.3 is 5.97 Å². The van der Waals surface area contributed by atoms with Gasteiger partial charge in [0.15, 0.2) is 6.61 Å². The quantitative estimate of drug-likeness (QED) is 0.795. The van der Waals surface area contributed by atoms with Gasteiger partial charge in [-0.2, -0.15) is 0 Å². The summed E-state index contributed by atoms with van der Waals surface area (Å²) < 4.78 is 15.3. The minimum Gasteiger partial charge on any atom is -0.497 e. The summed E-state index contributed by atoms with van der Waals surface area (Å²) in [5.74, 6) is -0.326. The molecule has 1 N–H and O–H groups in total. The van der Waals surface area contributed by atoms with Crippen LogP contribution in [-0.4, -0.2) is 32.7 Å². The highest BCUT2D eigenvalue weighted by Crippen LogP contribution is 2.24. The van der Waals surface area contributed by atoms with Crippen molar-refractivity contribution in [3.63, 3.8) is 0 Å². The Labute approximate surface area is 150 Å². The van der Waals surface area contributed by atoms with E-state index in [0.29, 0.717) is 22.2 Å². The highest BCUT2D eigenvalue weighted by atomic mass is 35.5. The van der Waals surface area contributed by atoms with Gasteiger partial charge in [-0.25, -0.2) is 4.79 Å². The number of anilines is 1. The largest absolute Gasteiger partial charge is 0.497 e. The Hall–Kier alpha value is -2.73. The Morgan fingerprint density at radius 1 is 1.08 bits per heavy atom. The van der Waals surface area contributed by atoms with Crippen LogP contribution in [0, 0.1) is 6.92 Å². The molecule has 7 heteroatoms. The van der Waals surface area contributed by atoms with E-state index >= 15 is 0 Å². The lowest BCUT2D eigenvalue weighted by molar-refractivity contribution is -0.119. The van der Waals surface area contributed by atoms with Gasteiger partial charge in [0.05, 0.1) is 14.2 Å². The van der Waals surface area contributed by atoms with Crippen molar-refractivity contribution in [2.75, 3.05) is 26.1 Å². The number of rotatable bonds is 6. The van der Waals surface area contributed by atoms with Gasteiger partial charge in [-0.1, -0.05) is 11.6 Å². The van der Waals surface area contributed by atoms with E-state index in [1.54, 1.807) is 30.3 Å². The molecule has 0 atom stereocenters. The van der Waals surface area contributed by atoms with E-state index in [2.05, 4.69) is 5.32 Å². The molecule has 2 rings (SSSR count). The number of ether oxygens (including phenoxy) is 3. The van der Waals surface area contributed by atoms with E-state index in [1.807, 2.05) is 6.92 Å². The smallest absolute Gasteiger partial charge is 0.342 e. The zero-order valence-corrected chi connectivity index (χ0v) is 14.8. The van der Waals surface area contributed by atoms with Crippen LogP contribution in [0.2, 0.25) is 5.02 Å². The molecule has 0 fully saturated rings. The number of nitrogens with one attached hydrogen (secondary N) is 1. The predicted octanol–water partition coefficient (Wildman–Crippen LogP) is 3.46. The lowest BCUT2D eigenvalue weighted by Gasteiger charge is -2.11. The maximum absolute atomic E-state index is 12.2. The highest BCUT2D eigenvalue weighted by molar-refractivity contribution is 6.30. The summed E-state index contributed by atoms with van der Waals surface area (Å²) in [4.78, 5) is 24.2. The lowest BCUT2D eigenvalue weighted by Crippen LogP contribution is -2.21. The molecular weight excluding hydrogens is 346 g/mol. The van der Waals surface area contributed by atoms with Crippen molar-refractivity contribution >= 4 is 29.2 Å². The molecule has 0 bridgehead atoms. The number of benzene rings is 2. The van der Waals surface area contributed by atoms with Crippen LogP contribution in [0.1, 0.15) is 15.9 Å². The van der Waals surface area contributed by atoms with Gasteiger partial charge in [0, 0.05) is 10.7 Å². The minimum atomic E-state index is -0.682. The summed E-state index contributed by atoms with van der Waals surface area (Å²) in [7, 11) is 2.92. The van der Waals surface area contributed by atoms with Crippen molar-refractivity contribution in [3.8, 4) is 11.5 Å². The number of carbonyl (C=O) groups is 2. The number of carbonyl (C=O) groups excluding carboxylic acids is 2. The van der Waals surface area contributed by atoms with E-state index in [-0.39, 0.29) is 5.56 Å². The molecule has 0 aliphatic carbocycles. The molecule has 1 amide bonds. The average Bonchev–Trinajstić information content (AvgIpc) is 2.61. The Kier molecular flexibility index (Phi) is 6.25. The molecule has 0 aliphatic heterocycles. The fourth-order valence-corrected chi connectivity index (χ4v) is 2.36. The number of aryl methyl sites for hydroxylation is 1. The molecule has 132 valence electrons. The highest BCUT2D eigenvalue weighted by Gasteiger charge is 2.17. The molecule has 0 unspecified atom stereocenters. The molecule has 0 saturated carbocycles. The lowest BCUT2D eigenvalue weighted by atomic mass is 10.2. The third-order valence-electron chi connectivity index (χ3n) is 3.42. The zero-order chi connectivity index (χ0) is 18.4. The third kappa shape index (κ3) is 4.87. The molecule has 0 radical (unpaired) electrons. The van der Waals surface area contributed by atoms with Gasteiger partial charge in [-0.15, -0.1) is 0 Å². The normalized spacial score (nSPS) is 10.1. The van der Waals surface area contributed by atoms with Crippen molar-refractivity contribution in [3.05, 3.63) is 52.5 Å². The second-order valence-electron chi connectivity index (χ2n) is 5.15. The van der Waals surface area contributed by atoms with Crippen molar-refractivity contribution in [1.29, 1.82) is 0 Å². The number of hydrogen-bond donors (Lipinski definition) is 1. The van der Waals surface area contributed by atoms with Gasteiger partial charge in [-0.05, 0) is 48.9 Å². The summed E-state index contributed by atoms with van der Waals surface area (Å²) in [5.41, 5.74) is 1.59. The first-order valence-electron chi connectivity index (χ1n) is 7.39. The molecule has 0 spiro atoms. The monoisotopic (exact) mass is 363 g/mol. The fraction of sp³-hybridized carbons (Fsp3) is 0.222. The fourth-order valence-electron chi connectivity index (χ4n) is 2.14. The summed E-state index contributed by atoms with van der Waals surface area (Å²) in [6.07, 6.45) is 0. The number of esters is 1. The van der Waals surface area contributed by atoms with Gasteiger partial charge in [0.2, 0.25) is 0 Å². The van der Waals surface area contributed by atoms with Crippen LogP contribution in [0.15, 0.2) is 36.4 Å².